The van der Waals surface area contributed by atoms with E-state index in [1.165, 1.54) is 22.2 Å². The van der Waals surface area contributed by atoms with E-state index in [0.29, 0.717) is 17.2 Å². The van der Waals surface area contributed by atoms with E-state index >= 15 is 0 Å². The van der Waals surface area contributed by atoms with Gasteiger partial charge in [-0.3, -0.25) is 14.2 Å². The number of nitrogens with zero attached hydrogens (tertiary/aromatic N) is 3. The molecule has 0 aromatic carbocycles. The summed E-state index contributed by atoms with van der Waals surface area (Å²) in [6.45, 7) is 3.83. The smallest absolute Gasteiger partial charge is 0.262 e. The zero-order chi connectivity index (χ0) is 15.8. The number of hydrogen-bond donors (Lipinski definition) is 1. The van der Waals surface area contributed by atoms with Crippen molar-refractivity contribution in [2.24, 2.45) is 11.8 Å². The first kappa shape index (κ1) is 14.8. The second-order valence-corrected chi connectivity index (χ2v) is 7.35. The fraction of sp³-hybridized carbons (Fsp3) is 0.562. The first-order valence-electron chi connectivity index (χ1n) is 8.13. The van der Waals surface area contributed by atoms with Crippen LogP contribution in [0.4, 0.5) is 0 Å². The van der Waals surface area contributed by atoms with Crippen molar-refractivity contribution in [1.82, 2.24) is 19.8 Å². The molecule has 0 unspecified atom stereocenters. The second kappa shape index (κ2) is 6.05. The highest BCUT2D eigenvalue weighted by atomic mass is 32.1. The molecule has 0 radical (unpaired) electrons. The standard InChI is InChI=1S/C16H20N4O2S/c21-14(19-4-1-11-7-17-8-12(11)2-5-19)9-20-10-18-15-13(16(20)22)3-6-23-15/h3,6,10-12,17H,1-2,4-5,7-9H2/t11-,12+. The Morgan fingerprint density at radius 2 is 2.04 bits per heavy atom. The van der Waals surface area contributed by atoms with Crippen LogP contribution in [0.3, 0.4) is 0 Å². The van der Waals surface area contributed by atoms with Gasteiger partial charge in [0, 0.05) is 13.1 Å². The van der Waals surface area contributed by atoms with E-state index in [0.717, 1.165) is 43.9 Å². The SMILES string of the molecule is O=C(Cn1cnc2sccc2c1=O)N1CC[C@@H]2CNC[C@@H]2CC1. The van der Waals surface area contributed by atoms with Crippen molar-refractivity contribution in [3.63, 3.8) is 0 Å². The lowest BCUT2D eigenvalue weighted by Crippen LogP contribution is -2.37. The van der Waals surface area contributed by atoms with E-state index in [2.05, 4.69) is 10.3 Å². The maximum atomic E-state index is 12.6. The predicted octanol–water partition coefficient (Wildman–Crippen LogP) is 0.916. The van der Waals surface area contributed by atoms with Crippen molar-refractivity contribution >= 4 is 27.5 Å². The number of nitrogens with one attached hydrogen (secondary N) is 1. The maximum Gasteiger partial charge on any atom is 0.262 e. The Hall–Kier alpha value is -1.73. The zero-order valence-electron chi connectivity index (χ0n) is 12.9. The van der Waals surface area contributed by atoms with Crippen LogP contribution in [-0.4, -0.2) is 46.5 Å². The summed E-state index contributed by atoms with van der Waals surface area (Å²) in [4.78, 5) is 31.9. The molecule has 2 aromatic heterocycles. The van der Waals surface area contributed by atoms with E-state index in [1.807, 2.05) is 10.3 Å². The molecule has 2 aliphatic heterocycles. The number of carbonyl (C=O) groups is 1. The van der Waals surface area contributed by atoms with Gasteiger partial charge in [-0.05, 0) is 49.2 Å². The molecule has 4 heterocycles. The fourth-order valence-electron chi connectivity index (χ4n) is 3.72. The van der Waals surface area contributed by atoms with Crippen molar-refractivity contribution < 1.29 is 4.79 Å². The number of likely N-dealkylation sites (tertiary alicyclic amines) is 1. The van der Waals surface area contributed by atoms with Crippen molar-refractivity contribution in [3.8, 4) is 0 Å². The molecule has 0 spiro atoms. The largest absolute Gasteiger partial charge is 0.341 e. The number of aromatic nitrogens is 2. The Balaban J connectivity index is 1.48. The number of fused-ring (bicyclic) bond motifs is 2. The topological polar surface area (TPSA) is 67.2 Å². The lowest BCUT2D eigenvalue weighted by atomic mass is 9.92. The molecule has 2 atom stereocenters. The minimum atomic E-state index is -0.125. The van der Waals surface area contributed by atoms with Gasteiger partial charge >= 0.3 is 0 Å². The molecule has 0 aliphatic carbocycles. The van der Waals surface area contributed by atoms with Gasteiger partial charge in [0.1, 0.15) is 11.4 Å². The van der Waals surface area contributed by atoms with Gasteiger partial charge in [0.15, 0.2) is 0 Å². The molecule has 4 rings (SSSR count). The van der Waals surface area contributed by atoms with Crippen LogP contribution in [0.1, 0.15) is 12.8 Å². The third-order valence-electron chi connectivity index (χ3n) is 5.13. The van der Waals surface area contributed by atoms with E-state index in [1.54, 1.807) is 6.07 Å². The average molecular weight is 332 g/mol. The normalized spacial score (nSPS) is 24.6. The summed E-state index contributed by atoms with van der Waals surface area (Å²) in [6, 6.07) is 1.77. The highest BCUT2D eigenvalue weighted by Gasteiger charge is 2.31. The minimum Gasteiger partial charge on any atom is -0.341 e. The molecule has 7 heteroatoms. The molecule has 2 aromatic rings. The van der Waals surface area contributed by atoms with E-state index < -0.39 is 0 Å². The van der Waals surface area contributed by atoms with Crippen LogP contribution in [0.5, 0.6) is 0 Å². The molecule has 2 aliphatic rings. The lowest BCUT2D eigenvalue weighted by Gasteiger charge is -2.21. The predicted molar refractivity (Wildman–Crippen MR) is 89.5 cm³/mol. The molecule has 2 fully saturated rings. The maximum absolute atomic E-state index is 12.6. The molecule has 0 bridgehead atoms. The number of amides is 1. The summed E-state index contributed by atoms with van der Waals surface area (Å²) in [5.74, 6) is 1.41. The van der Waals surface area contributed by atoms with Crippen molar-refractivity contribution in [3.05, 3.63) is 28.1 Å². The van der Waals surface area contributed by atoms with E-state index in [4.69, 9.17) is 0 Å². The summed E-state index contributed by atoms with van der Waals surface area (Å²) < 4.78 is 1.44. The molecule has 0 saturated carbocycles. The Morgan fingerprint density at radius 3 is 2.78 bits per heavy atom. The number of hydrogen-bond acceptors (Lipinski definition) is 5. The highest BCUT2D eigenvalue weighted by Crippen LogP contribution is 2.27. The fourth-order valence-corrected chi connectivity index (χ4v) is 4.44. The van der Waals surface area contributed by atoms with Crippen molar-refractivity contribution in [2.45, 2.75) is 19.4 Å². The summed E-state index contributed by atoms with van der Waals surface area (Å²) in [7, 11) is 0. The summed E-state index contributed by atoms with van der Waals surface area (Å²) in [6.07, 6.45) is 3.61. The van der Waals surface area contributed by atoms with E-state index in [9.17, 15) is 9.59 Å². The van der Waals surface area contributed by atoms with Crippen LogP contribution in [0.25, 0.3) is 10.2 Å². The number of thiophene rings is 1. The molecule has 1 N–H and O–H groups in total. The third kappa shape index (κ3) is 2.79. The first-order chi connectivity index (χ1) is 11.2. The van der Waals surface area contributed by atoms with Gasteiger partial charge in [0.25, 0.3) is 5.56 Å². The van der Waals surface area contributed by atoms with Gasteiger partial charge < -0.3 is 10.2 Å². The third-order valence-corrected chi connectivity index (χ3v) is 5.95. The quantitative estimate of drug-likeness (QED) is 0.888. The Bertz CT molecular complexity index is 770. The van der Waals surface area contributed by atoms with Gasteiger partial charge in [0.2, 0.25) is 5.91 Å². The minimum absolute atomic E-state index is 0.0245. The van der Waals surface area contributed by atoms with Gasteiger partial charge in [-0.25, -0.2) is 4.98 Å². The molecule has 23 heavy (non-hydrogen) atoms. The molecule has 1 amide bonds. The van der Waals surface area contributed by atoms with Crippen molar-refractivity contribution in [2.75, 3.05) is 26.2 Å². The molecular weight excluding hydrogens is 312 g/mol. The summed E-state index contributed by atoms with van der Waals surface area (Å²) >= 11 is 1.44. The second-order valence-electron chi connectivity index (χ2n) is 6.45. The van der Waals surface area contributed by atoms with Crippen LogP contribution in [0, 0.1) is 11.8 Å². The molecule has 2 saturated heterocycles. The number of rotatable bonds is 2. The highest BCUT2D eigenvalue weighted by molar-refractivity contribution is 7.16. The summed E-state index contributed by atoms with van der Waals surface area (Å²) in [5, 5.41) is 5.89. The summed E-state index contributed by atoms with van der Waals surface area (Å²) in [5.41, 5.74) is -0.125. The zero-order valence-corrected chi connectivity index (χ0v) is 13.7. The van der Waals surface area contributed by atoms with Crippen LogP contribution >= 0.6 is 11.3 Å². The van der Waals surface area contributed by atoms with Crippen LogP contribution in [0.2, 0.25) is 0 Å². The monoisotopic (exact) mass is 332 g/mol. The average Bonchev–Trinajstić information content (AvgIpc) is 3.16. The Kier molecular flexibility index (Phi) is 3.90. The van der Waals surface area contributed by atoms with E-state index in [-0.39, 0.29) is 18.0 Å². The van der Waals surface area contributed by atoms with Crippen LogP contribution < -0.4 is 10.9 Å². The van der Waals surface area contributed by atoms with Crippen LogP contribution in [-0.2, 0) is 11.3 Å². The number of carbonyl (C=O) groups excluding carboxylic acids is 1. The Morgan fingerprint density at radius 1 is 1.30 bits per heavy atom. The molecule has 6 nitrogen and oxygen atoms in total. The lowest BCUT2D eigenvalue weighted by molar-refractivity contribution is -0.131. The van der Waals surface area contributed by atoms with Gasteiger partial charge in [0.05, 0.1) is 11.7 Å². The Labute approximate surface area is 138 Å². The molecular formula is C16H20N4O2S. The van der Waals surface area contributed by atoms with Crippen molar-refractivity contribution in [1.29, 1.82) is 0 Å². The van der Waals surface area contributed by atoms with Gasteiger partial charge in [-0.1, -0.05) is 0 Å². The first-order valence-corrected chi connectivity index (χ1v) is 9.01. The van der Waals surface area contributed by atoms with Crippen LogP contribution in [0.15, 0.2) is 22.6 Å². The molecule has 122 valence electrons. The van der Waals surface area contributed by atoms with Gasteiger partial charge in [-0.2, -0.15) is 0 Å². The van der Waals surface area contributed by atoms with Gasteiger partial charge in [-0.15, -0.1) is 11.3 Å².